The van der Waals surface area contributed by atoms with E-state index in [1.165, 1.54) is 17.3 Å². The Morgan fingerprint density at radius 3 is 2.76 bits per heavy atom. The summed E-state index contributed by atoms with van der Waals surface area (Å²) in [6, 6.07) is 1.77. The highest BCUT2D eigenvalue weighted by Crippen LogP contribution is 2.36. The summed E-state index contributed by atoms with van der Waals surface area (Å²) in [5.74, 6) is -0.789. The fourth-order valence-electron chi connectivity index (χ4n) is 4.38. The van der Waals surface area contributed by atoms with E-state index >= 15 is 0 Å². The Kier molecular flexibility index (Phi) is 4.95. The first kappa shape index (κ1) is 22.0. The van der Waals surface area contributed by atoms with Gasteiger partial charge in [-0.15, -0.1) is 0 Å². The lowest BCUT2D eigenvalue weighted by Gasteiger charge is -2.13. The molecule has 1 atom stereocenters. The van der Waals surface area contributed by atoms with Crippen molar-refractivity contribution in [3.63, 3.8) is 0 Å². The van der Waals surface area contributed by atoms with Crippen molar-refractivity contribution in [1.29, 1.82) is 0 Å². The lowest BCUT2D eigenvalue weighted by Crippen LogP contribution is -2.29. The van der Waals surface area contributed by atoms with E-state index < -0.39 is 22.0 Å². The maximum absolute atomic E-state index is 12.6. The number of carbonyl (C=O) groups is 2. The minimum atomic E-state index is -3.40. The molecule has 2 amide bonds. The minimum Gasteiger partial charge on any atom is -0.372 e. The number of anilines is 2. The number of rotatable bonds is 6. The zero-order chi connectivity index (χ0) is 24.4. The van der Waals surface area contributed by atoms with Gasteiger partial charge in [-0.1, -0.05) is 3.98 Å². The molecular weight excluding hydrogens is 460 g/mol. The van der Waals surface area contributed by atoms with E-state index in [-0.39, 0.29) is 11.5 Å². The Bertz CT molecular complexity index is 1510. The first-order valence-electron chi connectivity index (χ1n) is 10.5. The average molecular weight is 484 g/mol. The van der Waals surface area contributed by atoms with Gasteiger partial charge in [0.15, 0.2) is 12.4 Å². The summed E-state index contributed by atoms with van der Waals surface area (Å²) in [4.78, 5) is 26.4. The van der Waals surface area contributed by atoms with Crippen LogP contribution in [0, 0.1) is 0 Å². The van der Waals surface area contributed by atoms with E-state index in [2.05, 4.69) is 10.4 Å². The number of ether oxygens (including phenoxy) is 1. The second-order valence-corrected chi connectivity index (χ2v) is 10.2. The van der Waals surface area contributed by atoms with Crippen molar-refractivity contribution < 1.29 is 26.7 Å². The molecule has 3 N–H and O–H groups in total. The molecule has 2 aromatic rings. The molecule has 0 unspecified atom stereocenters. The number of nitrogens with zero attached hydrogens (tertiary/aromatic N) is 4. The van der Waals surface area contributed by atoms with Gasteiger partial charge in [0.2, 0.25) is 0 Å². The van der Waals surface area contributed by atoms with Crippen LogP contribution in [0.5, 0.6) is 0 Å². The van der Waals surface area contributed by atoms with Gasteiger partial charge in [-0.3, -0.25) is 9.59 Å². The number of sulfonamides is 1. The van der Waals surface area contributed by atoms with Gasteiger partial charge in [0.25, 0.3) is 11.8 Å². The number of aromatic nitrogens is 2. The second kappa shape index (κ2) is 7.64. The summed E-state index contributed by atoms with van der Waals surface area (Å²) in [5, 5.41) is 7.58. The Balaban J connectivity index is 1.56. The SMILES string of the molecule is CO[C@H]1CCN(c2cc3c(NC4=C(C)C5=C[N+](S(C)(=O)=O)=CC5=C4)c(C(N)=O)cnn3c2)C1=O. The molecule has 4 heterocycles. The molecule has 1 saturated heterocycles. The summed E-state index contributed by atoms with van der Waals surface area (Å²) in [7, 11) is -1.89. The minimum absolute atomic E-state index is 0.132. The zero-order valence-corrected chi connectivity index (χ0v) is 19.6. The highest BCUT2D eigenvalue weighted by atomic mass is 32.2. The number of hydrogen-bond acceptors (Lipinski definition) is 7. The molecule has 176 valence electrons. The average Bonchev–Trinajstić information content (AvgIpc) is 3.51. The molecule has 0 saturated carbocycles. The van der Waals surface area contributed by atoms with Crippen LogP contribution in [0.25, 0.3) is 5.52 Å². The number of carbonyl (C=O) groups excluding carboxylic acids is 2. The number of methoxy groups -OCH3 is 1. The number of nitrogens with two attached hydrogens (primary N) is 1. The molecular formula is C22H23N6O5S+. The van der Waals surface area contributed by atoms with Crippen LogP contribution in [-0.2, 0) is 19.6 Å². The lowest BCUT2D eigenvalue weighted by molar-refractivity contribution is -0.268. The standard InChI is InChI=1S/C22H22N6O5S/c1-12-16-11-26(34(3,31)32)9-13(16)6-17(12)25-20-15(21(23)29)8-24-28-10-14(7-18(20)28)27-5-4-19(33-2)22(27)30/h6-11,19H,4-5H2,1-3H3,(H2-,23,24,25,29)/p+1/t19-/m0/s1. The summed E-state index contributed by atoms with van der Waals surface area (Å²) in [6.07, 6.45) is 9.24. The molecule has 2 aromatic heterocycles. The number of primary amides is 1. The van der Waals surface area contributed by atoms with E-state index in [1.807, 2.05) is 13.0 Å². The number of fused-ring (bicyclic) bond motifs is 2. The fourth-order valence-corrected chi connectivity index (χ4v) is 4.98. The number of hydrogen-bond donors (Lipinski definition) is 2. The van der Waals surface area contributed by atoms with Gasteiger partial charge in [-0.2, -0.15) is 13.5 Å². The summed E-state index contributed by atoms with van der Waals surface area (Å²) in [5.41, 5.74) is 10.5. The highest BCUT2D eigenvalue weighted by Gasteiger charge is 2.34. The van der Waals surface area contributed by atoms with Gasteiger partial charge >= 0.3 is 10.0 Å². The molecule has 1 fully saturated rings. The molecule has 12 heteroatoms. The van der Waals surface area contributed by atoms with Crippen LogP contribution >= 0.6 is 0 Å². The highest BCUT2D eigenvalue weighted by molar-refractivity contribution is 7.84. The van der Waals surface area contributed by atoms with Crippen LogP contribution in [0.3, 0.4) is 0 Å². The Hall–Kier alpha value is -3.77. The normalized spacial score (nSPS) is 20.1. The van der Waals surface area contributed by atoms with E-state index in [1.54, 1.807) is 34.1 Å². The van der Waals surface area contributed by atoms with Crippen LogP contribution in [-0.4, -0.2) is 66.1 Å². The van der Waals surface area contributed by atoms with Gasteiger partial charge in [0.05, 0.1) is 52.3 Å². The fraction of sp³-hybridized carbons (Fsp3) is 0.273. The second-order valence-electron chi connectivity index (χ2n) is 8.36. The Morgan fingerprint density at radius 1 is 1.38 bits per heavy atom. The monoisotopic (exact) mass is 483 g/mol. The van der Waals surface area contributed by atoms with Gasteiger partial charge in [0.1, 0.15) is 6.10 Å². The largest absolute Gasteiger partial charge is 0.372 e. The molecule has 3 aliphatic rings. The third-order valence-corrected chi connectivity index (χ3v) is 7.20. The van der Waals surface area contributed by atoms with Crippen molar-refractivity contribution in [3.8, 4) is 0 Å². The first-order chi connectivity index (χ1) is 16.1. The number of nitrogens with one attached hydrogen (secondary N) is 1. The number of allylic oxidation sites excluding steroid dienone is 4. The van der Waals surface area contributed by atoms with E-state index in [0.717, 1.165) is 23.0 Å². The van der Waals surface area contributed by atoms with Crippen LogP contribution in [0.15, 0.2) is 53.2 Å². The molecule has 0 bridgehead atoms. The Labute approximate surface area is 195 Å². The summed E-state index contributed by atoms with van der Waals surface area (Å²) in [6.45, 7) is 2.37. The molecule has 34 heavy (non-hydrogen) atoms. The first-order valence-corrected chi connectivity index (χ1v) is 12.3. The summed E-state index contributed by atoms with van der Waals surface area (Å²) < 4.78 is 31.7. The van der Waals surface area contributed by atoms with Gasteiger partial charge in [-0.05, 0) is 24.6 Å². The maximum atomic E-state index is 12.6. The molecule has 5 rings (SSSR count). The Morgan fingerprint density at radius 2 is 2.15 bits per heavy atom. The molecule has 2 aliphatic heterocycles. The zero-order valence-electron chi connectivity index (χ0n) is 18.8. The van der Waals surface area contributed by atoms with Crippen LogP contribution in [0.2, 0.25) is 0 Å². The van der Waals surface area contributed by atoms with Crippen LogP contribution < -0.4 is 16.0 Å². The predicted octanol–water partition coefficient (Wildman–Crippen LogP) is 0.751. The van der Waals surface area contributed by atoms with Crippen molar-refractivity contribution in [2.45, 2.75) is 19.4 Å². The molecule has 1 aliphatic carbocycles. The van der Waals surface area contributed by atoms with Crippen LogP contribution in [0.1, 0.15) is 23.7 Å². The van der Waals surface area contributed by atoms with Gasteiger partial charge in [0, 0.05) is 25.8 Å². The molecule has 0 radical (unpaired) electrons. The van der Waals surface area contributed by atoms with Gasteiger partial charge in [-0.25, -0.2) is 4.52 Å². The predicted molar refractivity (Wildman–Crippen MR) is 125 cm³/mol. The van der Waals surface area contributed by atoms with Crippen molar-refractivity contribution in [3.05, 3.63) is 58.7 Å². The molecule has 11 nitrogen and oxygen atoms in total. The van der Waals surface area contributed by atoms with E-state index in [9.17, 15) is 18.0 Å². The third kappa shape index (κ3) is 3.42. The van der Waals surface area contributed by atoms with Crippen LogP contribution in [0.4, 0.5) is 11.4 Å². The quantitative estimate of drug-likeness (QED) is 0.578. The number of amides is 2. The third-order valence-electron chi connectivity index (χ3n) is 6.22. The van der Waals surface area contributed by atoms with E-state index in [0.29, 0.717) is 35.6 Å². The molecule has 0 spiro atoms. The van der Waals surface area contributed by atoms with Crippen molar-refractivity contribution in [2.24, 2.45) is 5.73 Å². The lowest BCUT2D eigenvalue weighted by atomic mass is 10.1. The topological polar surface area (TPSA) is 139 Å². The van der Waals surface area contributed by atoms with Gasteiger partial charge < -0.3 is 20.7 Å². The summed E-state index contributed by atoms with van der Waals surface area (Å²) >= 11 is 0. The van der Waals surface area contributed by atoms with Crippen molar-refractivity contribution >= 4 is 44.9 Å². The molecule has 0 aromatic carbocycles. The smallest absolute Gasteiger partial charge is 0.366 e. The van der Waals surface area contributed by atoms with Crippen molar-refractivity contribution in [1.82, 2.24) is 9.61 Å². The maximum Gasteiger partial charge on any atom is 0.366 e. The van der Waals surface area contributed by atoms with E-state index in [4.69, 9.17) is 10.5 Å². The van der Waals surface area contributed by atoms with Crippen molar-refractivity contribution in [2.75, 3.05) is 30.1 Å².